The van der Waals surface area contributed by atoms with Crippen molar-refractivity contribution in [2.24, 2.45) is 17.8 Å². The fourth-order valence-electron chi connectivity index (χ4n) is 5.99. The number of amides is 1. The van der Waals surface area contributed by atoms with Gasteiger partial charge in [-0.15, -0.1) is 11.8 Å². The van der Waals surface area contributed by atoms with Gasteiger partial charge in [0.15, 0.2) is 15.9 Å². The fourth-order valence-corrected chi connectivity index (χ4v) is 9.41. The van der Waals surface area contributed by atoms with Gasteiger partial charge in [-0.1, -0.05) is 0 Å². The molecule has 27 heavy (non-hydrogen) atoms. The summed E-state index contributed by atoms with van der Waals surface area (Å²) in [6.45, 7) is 1.62. The molecule has 0 unspecified atom stereocenters. The summed E-state index contributed by atoms with van der Waals surface area (Å²) in [7, 11) is -2.94. The molecule has 8 heteroatoms. The van der Waals surface area contributed by atoms with Crippen molar-refractivity contribution in [2.75, 3.05) is 17.3 Å². The van der Waals surface area contributed by atoms with Crippen LogP contribution in [0.1, 0.15) is 51.9 Å². The van der Waals surface area contributed by atoms with E-state index in [1.807, 2.05) is 0 Å². The van der Waals surface area contributed by atoms with Crippen LogP contribution >= 0.6 is 11.8 Å². The summed E-state index contributed by atoms with van der Waals surface area (Å²) in [6.07, 6.45) is 6.92. The fraction of sp³-hybridized carbons (Fsp3) is 0.895. The minimum Gasteiger partial charge on any atom is -0.452 e. The van der Waals surface area contributed by atoms with Crippen LogP contribution in [-0.2, 0) is 24.2 Å². The van der Waals surface area contributed by atoms with E-state index in [4.69, 9.17) is 4.74 Å². The highest BCUT2D eigenvalue weighted by Gasteiger charge is 2.51. The number of esters is 1. The van der Waals surface area contributed by atoms with Gasteiger partial charge in [0.05, 0.1) is 17.3 Å². The Morgan fingerprint density at radius 1 is 1.15 bits per heavy atom. The van der Waals surface area contributed by atoms with Crippen LogP contribution in [0, 0.1) is 17.8 Å². The minimum absolute atomic E-state index is 0.0429. The first-order valence-electron chi connectivity index (χ1n) is 10.1. The van der Waals surface area contributed by atoms with Crippen molar-refractivity contribution in [3.63, 3.8) is 0 Å². The number of carbonyl (C=O) groups excluding carboxylic acids is 2. The van der Waals surface area contributed by atoms with Gasteiger partial charge in [-0.2, -0.15) is 0 Å². The molecular formula is C19H29NO5S2. The molecule has 0 spiro atoms. The third-order valence-corrected chi connectivity index (χ3v) is 9.99. The van der Waals surface area contributed by atoms with Crippen LogP contribution in [-0.4, -0.2) is 54.4 Å². The molecule has 5 aliphatic rings. The molecule has 0 aromatic heterocycles. The standard InChI is InChI=1S/C19H29NO5S2/c1-12(25-17(21)10-26-16-2-3-27(23,24)11-16)18(22)20-19-7-13-4-14(8-19)6-15(5-13)9-19/h12-16H,2-11H2,1H3,(H,20,22)/t12-,13?,14?,15?,16+,19?/m0/s1. The van der Waals surface area contributed by atoms with Crippen LogP contribution < -0.4 is 5.32 Å². The smallest absolute Gasteiger partial charge is 0.316 e. The number of hydrogen-bond donors (Lipinski definition) is 1. The van der Waals surface area contributed by atoms with E-state index in [2.05, 4.69) is 5.32 Å². The molecule has 4 aliphatic carbocycles. The second kappa shape index (κ2) is 7.25. The Balaban J connectivity index is 1.24. The average Bonchev–Trinajstić information content (AvgIpc) is 2.90. The lowest BCUT2D eigenvalue weighted by Gasteiger charge is -2.57. The van der Waals surface area contributed by atoms with Crippen LogP contribution in [0.2, 0.25) is 0 Å². The molecule has 2 atom stereocenters. The predicted octanol–water partition coefficient (Wildman–Crippen LogP) is 1.92. The summed E-state index contributed by atoms with van der Waals surface area (Å²) in [6, 6.07) is 0. The Morgan fingerprint density at radius 2 is 1.74 bits per heavy atom. The molecule has 1 heterocycles. The van der Waals surface area contributed by atoms with E-state index in [0.717, 1.165) is 37.0 Å². The highest BCUT2D eigenvalue weighted by atomic mass is 32.2. The number of thioether (sulfide) groups is 1. The predicted molar refractivity (Wildman–Crippen MR) is 104 cm³/mol. The third-order valence-electron chi connectivity index (χ3n) is 6.73. The molecule has 4 bridgehead atoms. The Kier molecular flexibility index (Phi) is 5.25. The van der Waals surface area contributed by atoms with E-state index in [0.29, 0.717) is 6.42 Å². The number of sulfone groups is 1. The molecule has 1 aliphatic heterocycles. The maximum absolute atomic E-state index is 12.6. The molecule has 0 radical (unpaired) electrons. The third kappa shape index (κ3) is 4.47. The van der Waals surface area contributed by atoms with Crippen molar-refractivity contribution in [1.82, 2.24) is 5.32 Å². The highest BCUT2D eigenvalue weighted by molar-refractivity contribution is 8.02. The topological polar surface area (TPSA) is 89.5 Å². The zero-order chi connectivity index (χ0) is 19.2. The van der Waals surface area contributed by atoms with Gasteiger partial charge in [-0.25, -0.2) is 8.42 Å². The summed E-state index contributed by atoms with van der Waals surface area (Å²) in [5, 5.41) is 3.19. The molecule has 1 N–H and O–H groups in total. The van der Waals surface area contributed by atoms with Crippen molar-refractivity contribution < 1.29 is 22.7 Å². The number of rotatable bonds is 6. The van der Waals surface area contributed by atoms with Crippen molar-refractivity contribution in [3.8, 4) is 0 Å². The van der Waals surface area contributed by atoms with Crippen LogP contribution in [0.25, 0.3) is 0 Å². The highest BCUT2D eigenvalue weighted by Crippen LogP contribution is 2.55. The normalized spacial score (nSPS) is 39.9. The van der Waals surface area contributed by atoms with Gasteiger partial charge in [0, 0.05) is 10.8 Å². The molecule has 4 saturated carbocycles. The molecule has 6 nitrogen and oxygen atoms in total. The number of ether oxygens (including phenoxy) is 1. The van der Waals surface area contributed by atoms with Gasteiger partial charge in [0.25, 0.3) is 5.91 Å². The lowest BCUT2D eigenvalue weighted by molar-refractivity contribution is -0.154. The summed E-state index contributed by atoms with van der Waals surface area (Å²) < 4.78 is 28.3. The van der Waals surface area contributed by atoms with Gasteiger partial charge in [-0.3, -0.25) is 9.59 Å². The first-order valence-corrected chi connectivity index (χ1v) is 12.9. The van der Waals surface area contributed by atoms with Crippen LogP contribution in [0.5, 0.6) is 0 Å². The van der Waals surface area contributed by atoms with Crippen LogP contribution in [0.4, 0.5) is 0 Å². The lowest BCUT2D eigenvalue weighted by Crippen LogP contribution is -2.61. The van der Waals surface area contributed by atoms with Crippen LogP contribution in [0.15, 0.2) is 0 Å². The molecule has 0 aromatic carbocycles. The SMILES string of the molecule is C[C@H](OC(=O)CS[C@@H]1CCS(=O)(=O)C1)C(=O)NC12CC3CC(CC(C3)C1)C2. The quantitative estimate of drug-likeness (QED) is 0.667. The Bertz CT molecular complexity index is 684. The second-order valence-electron chi connectivity index (χ2n) is 9.16. The van der Waals surface area contributed by atoms with E-state index >= 15 is 0 Å². The molecule has 1 saturated heterocycles. The molecule has 5 rings (SSSR count). The number of nitrogens with one attached hydrogen (secondary N) is 1. The van der Waals surface area contributed by atoms with Crippen LogP contribution in [0.3, 0.4) is 0 Å². The van der Waals surface area contributed by atoms with Gasteiger partial charge in [-0.05, 0) is 69.6 Å². The Morgan fingerprint density at radius 3 is 2.26 bits per heavy atom. The summed E-state index contributed by atoms with van der Waals surface area (Å²) >= 11 is 1.32. The maximum atomic E-state index is 12.6. The monoisotopic (exact) mass is 415 g/mol. The van der Waals surface area contributed by atoms with E-state index in [1.54, 1.807) is 6.92 Å². The summed E-state index contributed by atoms with van der Waals surface area (Å²) in [5.74, 6) is 2.01. The maximum Gasteiger partial charge on any atom is 0.316 e. The van der Waals surface area contributed by atoms with E-state index in [9.17, 15) is 18.0 Å². The number of hydrogen-bond acceptors (Lipinski definition) is 6. The van der Waals surface area contributed by atoms with E-state index < -0.39 is 21.9 Å². The van der Waals surface area contributed by atoms with Gasteiger partial charge in [0.2, 0.25) is 0 Å². The van der Waals surface area contributed by atoms with Crippen molar-refractivity contribution in [1.29, 1.82) is 0 Å². The van der Waals surface area contributed by atoms with Crippen molar-refractivity contribution >= 4 is 33.5 Å². The lowest BCUT2D eigenvalue weighted by atomic mass is 9.53. The number of carbonyl (C=O) groups is 2. The molecule has 5 fully saturated rings. The average molecular weight is 416 g/mol. The molecular weight excluding hydrogens is 386 g/mol. The van der Waals surface area contributed by atoms with E-state index in [1.165, 1.54) is 31.0 Å². The van der Waals surface area contributed by atoms with Crippen molar-refractivity contribution in [2.45, 2.75) is 68.8 Å². The first-order chi connectivity index (χ1) is 12.7. The second-order valence-corrected chi connectivity index (χ2v) is 12.7. The van der Waals surface area contributed by atoms with Crippen molar-refractivity contribution in [3.05, 3.63) is 0 Å². The van der Waals surface area contributed by atoms with Gasteiger partial charge < -0.3 is 10.1 Å². The minimum atomic E-state index is -2.94. The zero-order valence-corrected chi connectivity index (χ0v) is 17.4. The molecule has 0 aromatic rings. The Hall–Kier alpha value is -0.760. The molecule has 152 valence electrons. The Labute approximate surface area is 165 Å². The van der Waals surface area contributed by atoms with Gasteiger partial charge >= 0.3 is 5.97 Å². The largest absolute Gasteiger partial charge is 0.452 e. The summed E-state index contributed by atoms with van der Waals surface area (Å²) in [5.41, 5.74) is -0.0839. The summed E-state index contributed by atoms with van der Waals surface area (Å²) in [4.78, 5) is 24.7. The van der Waals surface area contributed by atoms with E-state index in [-0.39, 0.29) is 34.0 Å². The molecule has 1 amide bonds. The zero-order valence-electron chi connectivity index (χ0n) is 15.8. The first kappa shape index (κ1) is 19.6. The van der Waals surface area contributed by atoms with Gasteiger partial charge in [0.1, 0.15) is 0 Å².